The summed E-state index contributed by atoms with van der Waals surface area (Å²) in [6.45, 7) is 5.31. The minimum Gasteiger partial charge on any atom is -0.348 e. The van der Waals surface area contributed by atoms with E-state index < -0.39 is 0 Å². The molecule has 1 heterocycles. The van der Waals surface area contributed by atoms with Crippen LogP contribution in [0.1, 0.15) is 35.7 Å². The molecule has 1 unspecified atom stereocenters. The Morgan fingerprint density at radius 2 is 2.37 bits per heavy atom. The minimum atomic E-state index is 0.00918. The van der Waals surface area contributed by atoms with Gasteiger partial charge in [0.1, 0.15) is 0 Å². The number of likely N-dealkylation sites (N-methyl/N-ethyl adjacent to an activating group) is 1. The third kappa shape index (κ3) is 3.95. The molecule has 0 spiro atoms. The van der Waals surface area contributed by atoms with Gasteiger partial charge in [-0.25, -0.2) is 0 Å². The second-order valence-electron chi connectivity index (χ2n) is 5.04. The van der Waals surface area contributed by atoms with Gasteiger partial charge in [0.2, 0.25) is 0 Å². The standard InChI is InChI=1S/C15H21ClN2O/c1-2-18-8-4-7-14(11-18)17-15(19)13-6-3-5-12(9-13)10-16/h3,5-6,9,14H,2,4,7-8,10-11H2,1H3,(H,17,19). The van der Waals surface area contributed by atoms with E-state index in [1.165, 1.54) is 0 Å². The molecule has 1 atom stereocenters. The van der Waals surface area contributed by atoms with E-state index >= 15 is 0 Å². The highest BCUT2D eigenvalue weighted by Crippen LogP contribution is 2.12. The predicted molar refractivity (Wildman–Crippen MR) is 78.6 cm³/mol. The Bertz CT molecular complexity index is 436. The summed E-state index contributed by atoms with van der Waals surface area (Å²) in [5.74, 6) is 0.448. The summed E-state index contributed by atoms with van der Waals surface area (Å²) in [4.78, 5) is 14.6. The molecule has 0 radical (unpaired) electrons. The van der Waals surface area contributed by atoms with Crippen LogP contribution >= 0.6 is 11.6 Å². The van der Waals surface area contributed by atoms with E-state index in [-0.39, 0.29) is 11.9 Å². The number of carbonyl (C=O) groups is 1. The van der Waals surface area contributed by atoms with Gasteiger partial charge >= 0.3 is 0 Å². The number of halogens is 1. The van der Waals surface area contributed by atoms with E-state index in [1.807, 2.05) is 24.3 Å². The van der Waals surface area contributed by atoms with E-state index in [0.29, 0.717) is 11.4 Å². The van der Waals surface area contributed by atoms with Gasteiger partial charge in [-0.3, -0.25) is 4.79 Å². The lowest BCUT2D eigenvalue weighted by molar-refractivity contribution is 0.0906. The summed E-state index contributed by atoms with van der Waals surface area (Å²) in [7, 11) is 0. The average molecular weight is 281 g/mol. The molecule has 19 heavy (non-hydrogen) atoms. The van der Waals surface area contributed by atoms with E-state index in [4.69, 9.17) is 11.6 Å². The van der Waals surface area contributed by atoms with Crippen molar-refractivity contribution in [3.63, 3.8) is 0 Å². The third-order valence-electron chi connectivity index (χ3n) is 3.63. The van der Waals surface area contributed by atoms with Gasteiger partial charge in [0, 0.05) is 24.0 Å². The first kappa shape index (κ1) is 14.4. The number of amides is 1. The molecule has 0 saturated carbocycles. The van der Waals surface area contributed by atoms with Crippen molar-refractivity contribution in [2.75, 3.05) is 19.6 Å². The van der Waals surface area contributed by atoms with Crippen molar-refractivity contribution in [2.24, 2.45) is 0 Å². The molecular weight excluding hydrogens is 260 g/mol. The van der Waals surface area contributed by atoms with Gasteiger partial charge in [-0.1, -0.05) is 19.1 Å². The molecule has 1 saturated heterocycles. The highest BCUT2D eigenvalue weighted by Gasteiger charge is 2.20. The predicted octanol–water partition coefficient (Wildman–Crippen LogP) is 2.64. The average Bonchev–Trinajstić information content (AvgIpc) is 2.47. The number of rotatable bonds is 4. The molecule has 2 rings (SSSR count). The number of piperidine rings is 1. The molecule has 1 amide bonds. The lowest BCUT2D eigenvalue weighted by Gasteiger charge is -2.32. The van der Waals surface area contributed by atoms with E-state index in [2.05, 4.69) is 17.1 Å². The van der Waals surface area contributed by atoms with E-state index in [9.17, 15) is 4.79 Å². The van der Waals surface area contributed by atoms with Crippen molar-refractivity contribution < 1.29 is 4.79 Å². The van der Waals surface area contributed by atoms with Crippen molar-refractivity contribution in [3.8, 4) is 0 Å². The van der Waals surface area contributed by atoms with Crippen LogP contribution in [0.25, 0.3) is 0 Å². The molecule has 3 nitrogen and oxygen atoms in total. The number of nitrogens with zero attached hydrogens (tertiary/aromatic N) is 1. The first-order chi connectivity index (χ1) is 9.22. The Balaban J connectivity index is 1.96. The van der Waals surface area contributed by atoms with Gasteiger partial charge in [-0.05, 0) is 43.6 Å². The van der Waals surface area contributed by atoms with Crippen LogP contribution in [0.3, 0.4) is 0 Å². The number of hydrogen-bond acceptors (Lipinski definition) is 2. The maximum atomic E-state index is 12.2. The van der Waals surface area contributed by atoms with Gasteiger partial charge in [-0.15, -0.1) is 11.6 Å². The second-order valence-corrected chi connectivity index (χ2v) is 5.31. The van der Waals surface area contributed by atoms with E-state index in [0.717, 1.165) is 38.0 Å². The fraction of sp³-hybridized carbons (Fsp3) is 0.533. The van der Waals surface area contributed by atoms with E-state index in [1.54, 1.807) is 0 Å². The van der Waals surface area contributed by atoms with Crippen molar-refractivity contribution in [3.05, 3.63) is 35.4 Å². The van der Waals surface area contributed by atoms with Crippen molar-refractivity contribution >= 4 is 17.5 Å². The fourth-order valence-corrected chi connectivity index (χ4v) is 2.69. The zero-order chi connectivity index (χ0) is 13.7. The zero-order valence-corrected chi connectivity index (χ0v) is 12.1. The molecule has 1 aliphatic rings. The van der Waals surface area contributed by atoms with Crippen molar-refractivity contribution in [1.82, 2.24) is 10.2 Å². The van der Waals surface area contributed by atoms with Crippen molar-refractivity contribution in [1.29, 1.82) is 0 Å². The third-order valence-corrected chi connectivity index (χ3v) is 3.94. The zero-order valence-electron chi connectivity index (χ0n) is 11.4. The molecule has 1 N–H and O–H groups in total. The Kier molecular flexibility index (Phi) is 5.23. The summed E-state index contributed by atoms with van der Waals surface area (Å²) in [5.41, 5.74) is 1.68. The number of carbonyl (C=O) groups excluding carboxylic acids is 1. The summed E-state index contributed by atoms with van der Waals surface area (Å²) in [6.07, 6.45) is 2.22. The Morgan fingerprint density at radius 3 is 3.11 bits per heavy atom. The largest absolute Gasteiger partial charge is 0.348 e. The highest BCUT2D eigenvalue weighted by molar-refractivity contribution is 6.17. The first-order valence-electron chi connectivity index (χ1n) is 6.91. The maximum absolute atomic E-state index is 12.2. The Labute approximate surface area is 119 Å². The van der Waals surface area contributed by atoms with Crippen LogP contribution in [0.2, 0.25) is 0 Å². The topological polar surface area (TPSA) is 32.3 Å². The number of nitrogens with one attached hydrogen (secondary N) is 1. The lowest BCUT2D eigenvalue weighted by Crippen LogP contribution is -2.47. The molecular formula is C15H21ClN2O. The van der Waals surface area contributed by atoms with Crippen LogP contribution < -0.4 is 5.32 Å². The van der Waals surface area contributed by atoms with Crippen LogP contribution in [0.5, 0.6) is 0 Å². The quantitative estimate of drug-likeness (QED) is 0.860. The molecule has 0 bridgehead atoms. The monoisotopic (exact) mass is 280 g/mol. The number of benzene rings is 1. The smallest absolute Gasteiger partial charge is 0.251 e. The number of alkyl halides is 1. The van der Waals surface area contributed by atoms with Crippen LogP contribution in [-0.4, -0.2) is 36.5 Å². The minimum absolute atomic E-state index is 0.00918. The molecule has 4 heteroatoms. The van der Waals surface area contributed by atoms with Crippen LogP contribution in [0, 0.1) is 0 Å². The molecule has 0 aromatic heterocycles. The van der Waals surface area contributed by atoms with Crippen LogP contribution in [0.15, 0.2) is 24.3 Å². The highest BCUT2D eigenvalue weighted by atomic mass is 35.5. The normalized spacial score (nSPS) is 20.2. The SMILES string of the molecule is CCN1CCCC(NC(=O)c2cccc(CCl)c2)C1. The fourth-order valence-electron chi connectivity index (χ4n) is 2.52. The summed E-state index contributed by atoms with van der Waals surface area (Å²) >= 11 is 5.79. The lowest BCUT2D eigenvalue weighted by atomic mass is 10.0. The second kappa shape index (κ2) is 6.92. The summed E-state index contributed by atoms with van der Waals surface area (Å²) in [6, 6.07) is 7.78. The van der Waals surface area contributed by atoms with Gasteiger partial charge in [-0.2, -0.15) is 0 Å². The summed E-state index contributed by atoms with van der Waals surface area (Å²) in [5, 5.41) is 3.13. The first-order valence-corrected chi connectivity index (χ1v) is 7.44. The number of hydrogen-bond donors (Lipinski definition) is 1. The Hall–Kier alpha value is -1.06. The Morgan fingerprint density at radius 1 is 1.53 bits per heavy atom. The van der Waals surface area contributed by atoms with Gasteiger partial charge in [0.05, 0.1) is 0 Å². The molecule has 1 aromatic rings. The maximum Gasteiger partial charge on any atom is 0.251 e. The van der Waals surface area contributed by atoms with Gasteiger partial charge in [0.25, 0.3) is 5.91 Å². The molecule has 1 fully saturated rings. The number of likely N-dealkylation sites (tertiary alicyclic amines) is 1. The molecule has 1 aromatic carbocycles. The molecule has 1 aliphatic heterocycles. The van der Waals surface area contributed by atoms with Gasteiger partial charge in [0.15, 0.2) is 0 Å². The van der Waals surface area contributed by atoms with Crippen molar-refractivity contribution in [2.45, 2.75) is 31.7 Å². The molecule has 0 aliphatic carbocycles. The van der Waals surface area contributed by atoms with Crippen LogP contribution in [-0.2, 0) is 5.88 Å². The van der Waals surface area contributed by atoms with Crippen LogP contribution in [0.4, 0.5) is 0 Å². The summed E-state index contributed by atoms with van der Waals surface area (Å²) < 4.78 is 0. The molecule has 104 valence electrons. The van der Waals surface area contributed by atoms with Gasteiger partial charge < -0.3 is 10.2 Å².